The van der Waals surface area contributed by atoms with Crippen LogP contribution in [0.25, 0.3) is 11.0 Å². The van der Waals surface area contributed by atoms with E-state index >= 15 is 0 Å². The first-order valence-corrected chi connectivity index (χ1v) is 9.10. The molecular weight excluding hydrogens is 428 g/mol. The Bertz CT molecular complexity index is 1250. The maximum Gasteiger partial charge on any atom is 0.336 e. The smallest absolute Gasteiger partial charge is 0.336 e. The molecule has 0 N–H and O–H groups in total. The van der Waals surface area contributed by atoms with Crippen LogP contribution >= 0.6 is 0 Å². The molecule has 0 bridgehead atoms. The Morgan fingerprint density at radius 1 is 1.03 bits per heavy atom. The predicted molar refractivity (Wildman–Crippen MR) is 109 cm³/mol. The van der Waals surface area contributed by atoms with Crippen LogP contribution in [0.2, 0.25) is 0 Å². The second-order valence-corrected chi connectivity index (χ2v) is 6.36. The molecule has 32 heavy (non-hydrogen) atoms. The first kappa shape index (κ1) is 22.2. The SMILES string of the molecule is COc1ccc2c(CC(=O)OCCOc3ccc([N+](=O)[O-])cc3[N+](=O)[O-])cc(=O)oc2c1. The molecule has 3 rings (SSSR count). The molecule has 1 aromatic heterocycles. The maximum atomic E-state index is 12.2. The molecule has 12 nitrogen and oxygen atoms in total. The van der Waals surface area contributed by atoms with Gasteiger partial charge in [0, 0.05) is 23.6 Å². The summed E-state index contributed by atoms with van der Waals surface area (Å²) in [5.41, 5.74) is -1.01. The summed E-state index contributed by atoms with van der Waals surface area (Å²) < 4.78 is 20.5. The molecule has 2 aromatic carbocycles. The van der Waals surface area contributed by atoms with Gasteiger partial charge in [-0.05, 0) is 23.8 Å². The normalized spacial score (nSPS) is 10.5. The maximum absolute atomic E-state index is 12.2. The lowest BCUT2D eigenvalue weighted by Gasteiger charge is -2.09. The molecule has 12 heteroatoms. The molecule has 3 aromatic rings. The number of esters is 1. The summed E-state index contributed by atoms with van der Waals surface area (Å²) in [6.07, 6.45) is -0.216. The summed E-state index contributed by atoms with van der Waals surface area (Å²) in [6.45, 7) is -0.459. The van der Waals surface area contributed by atoms with Crippen molar-refractivity contribution in [2.24, 2.45) is 0 Å². The zero-order chi connectivity index (χ0) is 23.3. The van der Waals surface area contributed by atoms with Gasteiger partial charge < -0.3 is 18.6 Å². The molecule has 0 saturated carbocycles. The number of nitrogens with zero attached hydrogens (tertiary/aromatic N) is 2. The highest BCUT2D eigenvalue weighted by atomic mass is 16.6. The monoisotopic (exact) mass is 444 g/mol. The fraction of sp³-hybridized carbons (Fsp3) is 0.200. The van der Waals surface area contributed by atoms with E-state index in [1.165, 1.54) is 19.2 Å². The van der Waals surface area contributed by atoms with Crippen molar-refractivity contribution in [3.05, 3.63) is 78.7 Å². The quantitative estimate of drug-likeness (QED) is 0.158. The molecule has 0 radical (unpaired) electrons. The van der Waals surface area contributed by atoms with Crippen LogP contribution in [0.3, 0.4) is 0 Å². The lowest BCUT2D eigenvalue weighted by atomic mass is 10.1. The van der Waals surface area contributed by atoms with E-state index in [9.17, 15) is 29.8 Å². The first-order chi connectivity index (χ1) is 15.3. The summed E-state index contributed by atoms with van der Waals surface area (Å²) in [5.74, 6) is -0.371. The van der Waals surface area contributed by atoms with E-state index in [1.54, 1.807) is 12.1 Å². The fourth-order valence-electron chi connectivity index (χ4n) is 2.88. The Kier molecular flexibility index (Phi) is 6.63. The molecule has 0 aliphatic rings. The van der Waals surface area contributed by atoms with Crippen LogP contribution in [0.4, 0.5) is 11.4 Å². The molecule has 0 saturated heterocycles. The van der Waals surface area contributed by atoms with Gasteiger partial charge in [0.05, 0.1) is 29.4 Å². The molecule has 166 valence electrons. The Labute approximate surface area is 179 Å². The zero-order valence-electron chi connectivity index (χ0n) is 16.6. The van der Waals surface area contributed by atoms with Gasteiger partial charge in [-0.25, -0.2) is 4.79 Å². The van der Waals surface area contributed by atoms with Crippen molar-refractivity contribution < 1.29 is 33.3 Å². The van der Waals surface area contributed by atoms with Crippen molar-refractivity contribution in [1.29, 1.82) is 0 Å². The van der Waals surface area contributed by atoms with Gasteiger partial charge in [0.15, 0.2) is 5.75 Å². The third-order valence-corrected chi connectivity index (χ3v) is 4.33. The average Bonchev–Trinajstić information content (AvgIpc) is 2.75. The van der Waals surface area contributed by atoms with Crippen molar-refractivity contribution >= 4 is 28.3 Å². The van der Waals surface area contributed by atoms with Crippen LogP contribution in [0, 0.1) is 20.2 Å². The van der Waals surface area contributed by atoms with E-state index in [1.807, 2.05) is 0 Å². The van der Waals surface area contributed by atoms with E-state index in [0.29, 0.717) is 16.7 Å². The lowest BCUT2D eigenvalue weighted by molar-refractivity contribution is -0.394. The highest BCUT2D eigenvalue weighted by molar-refractivity contribution is 5.85. The number of non-ortho nitro benzene ring substituents is 1. The average molecular weight is 444 g/mol. The Balaban J connectivity index is 1.61. The van der Waals surface area contributed by atoms with Crippen LogP contribution in [-0.4, -0.2) is 36.1 Å². The molecule has 0 atom stereocenters. The number of benzene rings is 2. The van der Waals surface area contributed by atoms with Gasteiger partial charge >= 0.3 is 17.3 Å². The number of ether oxygens (including phenoxy) is 3. The van der Waals surface area contributed by atoms with Gasteiger partial charge in [0.25, 0.3) is 5.69 Å². The van der Waals surface area contributed by atoms with Crippen LogP contribution in [-0.2, 0) is 16.0 Å². The van der Waals surface area contributed by atoms with Gasteiger partial charge in [0.2, 0.25) is 0 Å². The van der Waals surface area contributed by atoms with Gasteiger partial charge in [-0.15, -0.1) is 0 Å². The topological polar surface area (TPSA) is 161 Å². The number of carbonyl (C=O) groups is 1. The zero-order valence-corrected chi connectivity index (χ0v) is 16.6. The van der Waals surface area contributed by atoms with Gasteiger partial charge in [0.1, 0.15) is 24.5 Å². The minimum absolute atomic E-state index is 0.197. The second kappa shape index (κ2) is 9.55. The molecule has 0 aliphatic carbocycles. The predicted octanol–water partition coefficient (Wildman–Crippen LogP) is 2.78. The van der Waals surface area contributed by atoms with Crippen molar-refractivity contribution in [2.75, 3.05) is 20.3 Å². The molecule has 0 fully saturated rings. The summed E-state index contributed by atoms with van der Waals surface area (Å²) in [6, 6.07) is 8.96. The molecule has 1 heterocycles. The Morgan fingerprint density at radius 3 is 2.50 bits per heavy atom. The summed E-state index contributed by atoms with van der Waals surface area (Å²) >= 11 is 0. The highest BCUT2D eigenvalue weighted by Gasteiger charge is 2.20. The second-order valence-electron chi connectivity index (χ2n) is 6.36. The lowest BCUT2D eigenvalue weighted by Crippen LogP contribution is -2.15. The number of carbonyl (C=O) groups excluding carboxylic acids is 1. The van der Waals surface area contributed by atoms with Gasteiger partial charge in [-0.2, -0.15) is 0 Å². The van der Waals surface area contributed by atoms with Crippen LogP contribution in [0.5, 0.6) is 11.5 Å². The minimum atomic E-state index is -0.810. The number of methoxy groups -OCH3 is 1. The summed E-state index contributed by atoms with van der Waals surface area (Å²) in [7, 11) is 1.47. The molecule has 0 spiro atoms. The number of nitro benzene ring substituents is 2. The first-order valence-electron chi connectivity index (χ1n) is 9.10. The van der Waals surface area contributed by atoms with Crippen molar-refractivity contribution in [3.8, 4) is 11.5 Å². The van der Waals surface area contributed by atoms with Crippen molar-refractivity contribution in [3.63, 3.8) is 0 Å². The molecule has 0 unspecified atom stereocenters. The summed E-state index contributed by atoms with van der Waals surface area (Å²) in [5, 5.41) is 22.4. The van der Waals surface area contributed by atoms with E-state index in [4.69, 9.17) is 18.6 Å². The summed E-state index contributed by atoms with van der Waals surface area (Å²) in [4.78, 5) is 44.2. The number of nitro groups is 2. The Hall–Kier alpha value is -4.48. The minimum Gasteiger partial charge on any atom is -0.497 e. The fourth-order valence-corrected chi connectivity index (χ4v) is 2.88. The molecule has 0 aliphatic heterocycles. The van der Waals surface area contributed by atoms with E-state index < -0.39 is 32.8 Å². The van der Waals surface area contributed by atoms with E-state index in [-0.39, 0.29) is 31.0 Å². The molecular formula is C20H16N2O10. The number of hydrogen-bond donors (Lipinski definition) is 0. The standard InChI is InChI=1S/C20H16N2O10/c1-29-14-3-4-15-12(9-20(24)32-18(15)11-14)8-19(23)31-7-6-30-17-5-2-13(21(25)26)10-16(17)22(27)28/h2-5,9-11H,6-8H2,1H3. The number of hydrogen-bond acceptors (Lipinski definition) is 10. The Morgan fingerprint density at radius 2 is 1.81 bits per heavy atom. The van der Waals surface area contributed by atoms with E-state index in [2.05, 4.69) is 0 Å². The van der Waals surface area contributed by atoms with Gasteiger partial charge in [-0.3, -0.25) is 25.0 Å². The third kappa shape index (κ3) is 5.16. The van der Waals surface area contributed by atoms with Crippen LogP contribution in [0.1, 0.15) is 5.56 Å². The van der Waals surface area contributed by atoms with Crippen LogP contribution in [0.15, 0.2) is 51.7 Å². The number of fused-ring (bicyclic) bond motifs is 1. The highest BCUT2D eigenvalue weighted by Crippen LogP contribution is 2.31. The largest absolute Gasteiger partial charge is 0.497 e. The van der Waals surface area contributed by atoms with Crippen molar-refractivity contribution in [1.82, 2.24) is 0 Å². The van der Waals surface area contributed by atoms with Crippen molar-refractivity contribution in [2.45, 2.75) is 6.42 Å². The van der Waals surface area contributed by atoms with E-state index in [0.717, 1.165) is 18.2 Å². The van der Waals surface area contributed by atoms with Crippen LogP contribution < -0.4 is 15.1 Å². The molecule has 0 amide bonds. The number of rotatable bonds is 9. The van der Waals surface area contributed by atoms with Gasteiger partial charge in [-0.1, -0.05) is 0 Å². The third-order valence-electron chi connectivity index (χ3n) is 4.33.